The van der Waals surface area contributed by atoms with E-state index in [1.165, 1.54) is 18.7 Å². The molecule has 0 N–H and O–H groups in total. The molecule has 5 aromatic carbocycles. The van der Waals surface area contributed by atoms with Gasteiger partial charge in [0.25, 0.3) is 0 Å². The first-order valence-electron chi connectivity index (χ1n) is 14.3. The van der Waals surface area contributed by atoms with Crippen molar-refractivity contribution in [3.8, 4) is 0 Å². The molecule has 4 atom stereocenters. The molecule has 0 spiro atoms. The van der Waals surface area contributed by atoms with Crippen LogP contribution in [0.1, 0.15) is 33.2 Å². The Morgan fingerprint density at radius 3 is 1.82 bits per heavy atom. The van der Waals surface area contributed by atoms with E-state index in [0.717, 1.165) is 27.1 Å². The van der Waals surface area contributed by atoms with Crippen LogP contribution >= 0.6 is 11.8 Å². The zero-order chi connectivity index (χ0) is 30.5. The SMILES string of the molecule is CC(=O)OC1S[C@H](COC(=O)c2ccc3ccccc3c2)[C@H](OC(=O)c2ccc3ccccc3c2)[C@@H]1OCc1ccccc1. The average Bonchev–Trinajstić information content (AvgIpc) is 3.36. The Hall–Kier alpha value is -4.66. The normalized spacial score (nSPS) is 19.5. The van der Waals surface area contributed by atoms with Gasteiger partial charge in [-0.25, -0.2) is 9.59 Å². The van der Waals surface area contributed by atoms with Crippen LogP contribution in [0.15, 0.2) is 115 Å². The van der Waals surface area contributed by atoms with Crippen LogP contribution < -0.4 is 0 Å². The summed E-state index contributed by atoms with van der Waals surface area (Å²) in [6, 6.07) is 35.7. The molecule has 1 heterocycles. The van der Waals surface area contributed by atoms with Crippen molar-refractivity contribution in [3.05, 3.63) is 132 Å². The molecule has 1 aliphatic rings. The van der Waals surface area contributed by atoms with Crippen molar-refractivity contribution in [2.75, 3.05) is 6.61 Å². The van der Waals surface area contributed by atoms with Crippen LogP contribution in [0.3, 0.4) is 0 Å². The smallest absolute Gasteiger partial charge is 0.338 e. The fraction of sp³-hybridized carbons (Fsp3) is 0.194. The third-order valence-corrected chi connectivity index (χ3v) is 8.81. The van der Waals surface area contributed by atoms with E-state index >= 15 is 0 Å². The molecule has 1 fully saturated rings. The Morgan fingerprint density at radius 2 is 1.20 bits per heavy atom. The Balaban J connectivity index is 1.25. The molecule has 1 aliphatic heterocycles. The summed E-state index contributed by atoms with van der Waals surface area (Å²) >= 11 is 1.25. The number of hydrogen-bond donors (Lipinski definition) is 0. The number of carbonyl (C=O) groups excluding carboxylic acids is 3. The maximum Gasteiger partial charge on any atom is 0.338 e. The van der Waals surface area contributed by atoms with Crippen molar-refractivity contribution < 1.29 is 33.3 Å². The van der Waals surface area contributed by atoms with E-state index in [1.807, 2.05) is 91.0 Å². The van der Waals surface area contributed by atoms with Crippen molar-refractivity contribution in [1.29, 1.82) is 0 Å². The van der Waals surface area contributed by atoms with E-state index in [4.69, 9.17) is 18.9 Å². The van der Waals surface area contributed by atoms with Crippen molar-refractivity contribution in [3.63, 3.8) is 0 Å². The molecule has 6 rings (SSSR count). The van der Waals surface area contributed by atoms with Crippen molar-refractivity contribution in [1.82, 2.24) is 0 Å². The standard InChI is InChI=1S/C36H30O7S/c1-23(37)42-36-33(40-21-24-9-3-2-4-10-24)32(43-35(39)30-18-16-26-12-6-8-14-28(26)20-30)31(44-36)22-41-34(38)29-17-15-25-11-5-7-13-27(25)19-29/h2-20,31-33,36H,21-22H2,1H3/t31-,32+,33+,36?/m1/s1. The first-order chi connectivity index (χ1) is 21.4. The number of hydrogen-bond acceptors (Lipinski definition) is 8. The Kier molecular flexibility index (Phi) is 8.91. The third-order valence-electron chi connectivity index (χ3n) is 7.43. The van der Waals surface area contributed by atoms with Gasteiger partial charge < -0.3 is 18.9 Å². The number of fused-ring (bicyclic) bond motifs is 2. The van der Waals surface area contributed by atoms with Crippen molar-refractivity contribution in [2.45, 2.75) is 36.4 Å². The molecule has 0 saturated carbocycles. The number of thioether (sulfide) groups is 1. The van der Waals surface area contributed by atoms with Crippen LogP contribution in [-0.2, 0) is 30.3 Å². The lowest BCUT2D eigenvalue weighted by Gasteiger charge is -2.25. The van der Waals surface area contributed by atoms with Gasteiger partial charge in [0.15, 0.2) is 5.44 Å². The summed E-state index contributed by atoms with van der Waals surface area (Å²) in [4.78, 5) is 38.7. The number of carbonyl (C=O) groups is 3. The molecule has 44 heavy (non-hydrogen) atoms. The van der Waals surface area contributed by atoms with Crippen LogP contribution in [0.2, 0.25) is 0 Å². The predicted molar refractivity (Wildman–Crippen MR) is 169 cm³/mol. The molecule has 0 aromatic heterocycles. The molecule has 222 valence electrons. The quantitative estimate of drug-likeness (QED) is 0.131. The van der Waals surface area contributed by atoms with Gasteiger partial charge in [-0.3, -0.25) is 4.79 Å². The second kappa shape index (κ2) is 13.3. The summed E-state index contributed by atoms with van der Waals surface area (Å²) in [5.41, 5.74) is 0.906. The highest BCUT2D eigenvalue weighted by Gasteiger charge is 2.50. The molecule has 8 heteroatoms. The second-order valence-electron chi connectivity index (χ2n) is 10.5. The fourth-order valence-electron chi connectivity index (χ4n) is 5.23. The highest BCUT2D eigenvalue weighted by molar-refractivity contribution is 8.00. The first kappa shape index (κ1) is 29.4. The van der Waals surface area contributed by atoms with Gasteiger partial charge in [0.2, 0.25) is 0 Å². The maximum atomic E-state index is 13.5. The summed E-state index contributed by atoms with van der Waals surface area (Å²) in [5.74, 6) is -1.55. The minimum Gasteiger partial charge on any atom is -0.461 e. The molecule has 0 radical (unpaired) electrons. The van der Waals surface area contributed by atoms with Crippen LogP contribution in [0.25, 0.3) is 21.5 Å². The monoisotopic (exact) mass is 606 g/mol. The summed E-state index contributed by atoms with van der Waals surface area (Å²) in [6.45, 7) is 1.43. The maximum absolute atomic E-state index is 13.5. The van der Waals surface area contributed by atoms with Crippen molar-refractivity contribution in [2.24, 2.45) is 0 Å². The van der Waals surface area contributed by atoms with Gasteiger partial charge in [-0.05, 0) is 51.4 Å². The van der Waals surface area contributed by atoms with E-state index in [0.29, 0.717) is 11.1 Å². The number of esters is 3. The van der Waals surface area contributed by atoms with Gasteiger partial charge in [-0.1, -0.05) is 91.0 Å². The molecule has 1 saturated heterocycles. The zero-order valence-corrected chi connectivity index (χ0v) is 24.8. The minimum absolute atomic E-state index is 0.0883. The summed E-state index contributed by atoms with van der Waals surface area (Å²) in [7, 11) is 0. The Bertz CT molecular complexity index is 1800. The van der Waals surface area contributed by atoms with E-state index in [2.05, 4.69) is 0 Å². The largest absolute Gasteiger partial charge is 0.461 e. The molecular weight excluding hydrogens is 576 g/mol. The lowest BCUT2D eigenvalue weighted by atomic mass is 10.1. The lowest BCUT2D eigenvalue weighted by molar-refractivity contribution is -0.152. The second-order valence-corrected chi connectivity index (χ2v) is 11.8. The van der Waals surface area contributed by atoms with Crippen molar-refractivity contribution >= 4 is 51.2 Å². The van der Waals surface area contributed by atoms with Crippen LogP contribution in [0.4, 0.5) is 0 Å². The molecule has 1 unspecified atom stereocenters. The van der Waals surface area contributed by atoms with Gasteiger partial charge in [0.1, 0.15) is 18.8 Å². The highest BCUT2D eigenvalue weighted by Crippen LogP contribution is 2.40. The number of rotatable bonds is 9. The van der Waals surface area contributed by atoms with Gasteiger partial charge in [0.05, 0.1) is 23.0 Å². The van der Waals surface area contributed by atoms with E-state index in [1.54, 1.807) is 24.3 Å². The molecule has 0 bridgehead atoms. The number of benzene rings is 5. The van der Waals surface area contributed by atoms with Gasteiger partial charge in [-0.15, -0.1) is 11.8 Å². The first-order valence-corrected chi connectivity index (χ1v) is 15.2. The van der Waals surface area contributed by atoms with Gasteiger partial charge >= 0.3 is 17.9 Å². The topological polar surface area (TPSA) is 88.1 Å². The van der Waals surface area contributed by atoms with Crippen LogP contribution in [0, 0.1) is 0 Å². The average molecular weight is 607 g/mol. The van der Waals surface area contributed by atoms with Gasteiger partial charge in [-0.2, -0.15) is 0 Å². The molecule has 0 aliphatic carbocycles. The summed E-state index contributed by atoms with van der Waals surface area (Å²) in [6.07, 6.45) is -1.69. The Labute approximate surface area is 259 Å². The lowest BCUT2D eigenvalue weighted by Crippen LogP contribution is -2.41. The summed E-state index contributed by atoms with van der Waals surface area (Å²) < 4.78 is 23.8. The van der Waals surface area contributed by atoms with E-state index in [9.17, 15) is 14.4 Å². The Morgan fingerprint density at radius 1 is 0.636 bits per heavy atom. The predicted octanol–water partition coefficient (Wildman–Crippen LogP) is 6.97. The van der Waals surface area contributed by atoms with E-state index in [-0.39, 0.29) is 13.2 Å². The molecular formula is C36H30O7S. The molecule has 7 nitrogen and oxygen atoms in total. The van der Waals surface area contributed by atoms with Crippen LogP contribution in [-0.4, -0.2) is 47.4 Å². The fourth-order valence-corrected chi connectivity index (χ4v) is 6.67. The zero-order valence-electron chi connectivity index (χ0n) is 24.0. The molecule has 5 aromatic rings. The minimum atomic E-state index is -0.878. The van der Waals surface area contributed by atoms with Gasteiger partial charge in [0, 0.05) is 6.92 Å². The number of ether oxygens (including phenoxy) is 4. The molecule has 0 amide bonds. The third kappa shape index (κ3) is 6.77. The van der Waals surface area contributed by atoms with E-state index < -0.39 is 40.8 Å². The van der Waals surface area contributed by atoms with Crippen LogP contribution in [0.5, 0.6) is 0 Å². The summed E-state index contributed by atoms with van der Waals surface area (Å²) in [5, 5.41) is 3.27. The highest BCUT2D eigenvalue weighted by atomic mass is 32.2.